The van der Waals surface area contributed by atoms with Crippen LogP contribution >= 0.6 is 11.8 Å². The molecule has 1 saturated heterocycles. The number of carbonyl (C=O) groups is 1. The highest BCUT2D eigenvalue weighted by molar-refractivity contribution is 7.98. The van der Waals surface area contributed by atoms with Crippen LogP contribution in [0.15, 0.2) is 53.7 Å². The number of hydrogen-bond donors (Lipinski definition) is 1. The summed E-state index contributed by atoms with van der Waals surface area (Å²) in [6.07, 6.45) is 4.48. The zero-order valence-corrected chi connectivity index (χ0v) is 15.2. The van der Waals surface area contributed by atoms with Crippen LogP contribution in [0, 0.1) is 0 Å². The van der Waals surface area contributed by atoms with Crippen LogP contribution in [0.2, 0.25) is 0 Å². The maximum atomic E-state index is 12.8. The SMILES string of the molecule is CSc1ccc2ncnc(N3CCC4(C3)C(=O)Nc3ccccc34)c2c1. The number of rotatable bonds is 2. The first-order valence-electron chi connectivity index (χ1n) is 8.66. The lowest BCUT2D eigenvalue weighted by atomic mass is 9.81. The van der Waals surface area contributed by atoms with E-state index < -0.39 is 5.41 Å². The summed E-state index contributed by atoms with van der Waals surface area (Å²) in [6.45, 7) is 1.45. The lowest BCUT2D eigenvalue weighted by Gasteiger charge is -2.23. The Morgan fingerprint density at radius 2 is 2.08 bits per heavy atom. The van der Waals surface area contributed by atoms with Crippen molar-refractivity contribution in [1.82, 2.24) is 9.97 Å². The average Bonchev–Trinajstić information content (AvgIpc) is 3.24. The molecule has 1 fully saturated rings. The van der Waals surface area contributed by atoms with E-state index >= 15 is 0 Å². The fourth-order valence-electron chi connectivity index (χ4n) is 4.17. The molecular weight excluding hydrogens is 344 g/mol. The van der Waals surface area contributed by atoms with Crippen LogP contribution in [-0.2, 0) is 10.2 Å². The maximum absolute atomic E-state index is 12.8. The number of anilines is 2. The second kappa shape index (κ2) is 5.71. The summed E-state index contributed by atoms with van der Waals surface area (Å²) in [5, 5.41) is 4.10. The van der Waals surface area contributed by atoms with Crippen molar-refractivity contribution in [3.05, 3.63) is 54.4 Å². The van der Waals surface area contributed by atoms with E-state index in [1.54, 1.807) is 18.1 Å². The highest BCUT2D eigenvalue weighted by Crippen LogP contribution is 2.45. The summed E-state index contributed by atoms with van der Waals surface area (Å²) in [5.74, 6) is 1.02. The molecule has 130 valence electrons. The fraction of sp³-hybridized carbons (Fsp3) is 0.250. The molecule has 0 saturated carbocycles. The predicted molar refractivity (Wildman–Crippen MR) is 105 cm³/mol. The van der Waals surface area contributed by atoms with Gasteiger partial charge in [0.2, 0.25) is 5.91 Å². The zero-order chi connectivity index (χ0) is 17.7. The second-order valence-electron chi connectivity index (χ2n) is 6.83. The summed E-state index contributed by atoms with van der Waals surface area (Å²) in [5.41, 5.74) is 2.50. The van der Waals surface area contributed by atoms with E-state index in [9.17, 15) is 4.79 Å². The molecule has 1 unspecified atom stereocenters. The second-order valence-corrected chi connectivity index (χ2v) is 7.71. The van der Waals surface area contributed by atoms with Crippen molar-refractivity contribution in [2.45, 2.75) is 16.7 Å². The minimum atomic E-state index is -0.481. The first-order valence-corrected chi connectivity index (χ1v) is 9.88. The van der Waals surface area contributed by atoms with Crippen molar-refractivity contribution >= 4 is 40.1 Å². The summed E-state index contributed by atoms with van der Waals surface area (Å²) in [4.78, 5) is 25.2. The molecule has 0 aliphatic carbocycles. The lowest BCUT2D eigenvalue weighted by molar-refractivity contribution is -0.120. The standard InChI is InChI=1S/C20H18N4OS/c1-26-13-6-7-16-14(10-13)18(22-12-21-16)24-9-8-20(11-24)15-4-2-3-5-17(15)23-19(20)25/h2-7,10,12H,8-9,11H2,1H3,(H,23,25). The fourth-order valence-corrected chi connectivity index (χ4v) is 4.61. The number of amides is 1. The number of thioether (sulfide) groups is 1. The Morgan fingerprint density at radius 3 is 2.96 bits per heavy atom. The lowest BCUT2D eigenvalue weighted by Crippen LogP contribution is -2.37. The van der Waals surface area contributed by atoms with Crippen molar-refractivity contribution < 1.29 is 4.79 Å². The molecule has 0 bridgehead atoms. The number of aromatic nitrogens is 2. The van der Waals surface area contributed by atoms with E-state index in [-0.39, 0.29) is 5.91 Å². The van der Waals surface area contributed by atoms with Gasteiger partial charge in [0.25, 0.3) is 0 Å². The Labute approximate surface area is 155 Å². The first kappa shape index (κ1) is 15.6. The van der Waals surface area contributed by atoms with Crippen LogP contribution in [0.1, 0.15) is 12.0 Å². The first-order chi connectivity index (χ1) is 12.7. The third-order valence-electron chi connectivity index (χ3n) is 5.52. The molecule has 1 aromatic heterocycles. The Hall–Kier alpha value is -2.60. The molecular formula is C20H18N4OS. The summed E-state index contributed by atoms with van der Waals surface area (Å²) < 4.78 is 0. The molecule has 3 aromatic rings. The van der Waals surface area contributed by atoms with Crippen LogP contribution < -0.4 is 10.2 Å². The number of nitrogens with zero attached hydrogens (tertiary/aromatic N) is 3. The number of hydrogen-bond acceptors (Lipinski definition) is 5. The molecule has 1 N–H and O–H groups in total. The molecule has 2 aliphatic rings. The quantitative estimate of drug-likeness (QED) is 0.708. The van der Waals surface area contributed by atoms with Crippen LogP contribution in [-0.4, -0.2) is 35.2 Å². The molecule has 26 heavy (non-hydrogen) atoms. The van der Waals surface area contributed by atoms with E-state index in [0.29, 0.717) is 6.54 Å². The molecule has 2 aliphatic heterocycles. The zero-order valence-electron chi connectivity index (χ0n) is 14.4. The van der Waals surface area contributed by atoms with Gasteiger partial charge in [0.05, 0.1) is 10.9 Å². The summed E-state index contributed by atoms with van der Waals surface area (Å²) in [7, 11) is 0. The topological polar surface area (TPSA) is 58.1 Å². The van der Waals surface area contributed by atoms with Crippen LogP contribution in [0.4, 0.5) is 11.5 Å². The van der Waals surface area contributed by atoms with Gasteiger partial charge in [-0.05, 0) is 42.5 Å². The van der Waals surface area contributed by atoms with Crippen LogP contribution in [0.5, 0.6) is 0 Å². The highest BCUT2D eigenvalue weighted by atomic mass is 32.2. The van der Waals surface area contributed by atoms with Gasteiger partial charge >= 0.3 is 0 Å². The Morgan fingerprint density at radius 1 is 1.19 bits per heavy atom. The van der Waals surface area contributed by atoms with Crippen molar-refractivity contribution in [3.63, 3.8) is 0 Å². The van der Waals surface area contributed by atoms with Gasteiger partial charge in [-0.25, -0.2) is 9.97 Å². The number of carbonyl (C=O) groups excluding carboxylic acids is 1. The molecule has 1 spiro atoms. The Balaban J connectivity index is 1.58. The van der Waals surface area contributed by atoms with Gasteiger partial charge in [-0.3, -0.25) is 4.79 Å². The Bertz CT molecular complexity index is 1040. The molecule has 3 heterocycles. The third-order valence-corrected chi connectivity index (χ3v) is 6.24. The van der Waals surface area contributed by atoms with Crippen molar-refractivity contribution in [2.24, 2.45) is 0 Å². The highest BCUT2D eigenvalue weighted by Gasteiger charge is 2.51. The van der Waals surface area contributed by atoms with Crippen LogP contribution in [0.3, 0.4) is 0 Å². The van der Waals surface area contributed by atoms with Crippen molar-refractivity contribution in [3.8, 4) is 0 Å². The number of benzene rings is 2. The minimum Gasteiger partial charge on any atom is -0.355 e. The van der Waals surface area contributed by atoms with Crippen molar-refractivity contribution in [1.29, 1.82) is 0 Å². The number of nitrogens with one attached hydrogen (secondary N) is 1. The van der Waals surface area contributed by atoms with Crippen molar-refractivity contribution in [2.75, 3.05) is 29.6 Å². The van der Waals surface area contributed by atoms with Gasteiger partial charge in [0.1, 0.15) is 12.1 Å². The largest absolute Gasteiger partial charge is 0.355 e. The van der Waals surface area contributed by atoms with Gasteiger partial charge in [0.15, 0.2) is 0 Å². The van der Waals surface area contributed by atoms with Gasteiger partial charge in [-0.1, -0.05) is 18.2 Å². The molecule has 5 rings (SSSR count). The smallest absolute Gasteiger partial charge is 0.236 e. The van der Waals surface area contributed by atoms with Gasteiger partial charge in [-0.15, -0.1) is 11.8 Å². The molecule has 5 nitrogen and oxygen atoms in total. The van der Waals surface area contributed by atoms with Gasteiger partial charge in [-0.2, -0.15) is 0 Å². The van der Waals surface area contributed by atoms with E-state index in [1.165, 1.54) is 4.90 Å². The summed E-state index contributed by atoms with van der Waals surface area (Å²) >= 11 is 1.71. The van der Waals surface area contributed by atoms with Crippen LogP contribution in [0.25, 0.3) is 10.9 Å². The van der Waals surface area contributed by atoms with E-state index in [2.05, 4.69) is 44.6 Å². The molecule has 1 atom stereocenters. The predicted octanol–water partition coefficient (Wildman–Crippen LogP) is 3.45. The van der Waals surface area contributed by atoms with E-state index in [1.807, 2.05) is 24.3 Å². The minimum absolute atomic E-state index is 0.101. The molecule has 1 amide bonds. The monoisotopic (exact) mass is 362 g/mol. The Kier molecular flexibility index (Phi) is 3.43. The van der Waals surface area contributed by atoms with Gasteiger partial charge < -0.3 is 10.2 Å². The van der Waals surface area contributed by atoms with E-state index in [0.717, 1.165) is 40.9 Å². The van der Waals surface area contributed by atoms with E-state index in [4.69, 9.17) is 0 Å². The van der Waals surface area contributed by atoms with Gasteiger partial charge in [0, 0.05) is 29.1 Å². The summed E-state index contributed by atoms with van der Waals surface area (Å²) in [6, 6.07) is 14.3. The molecule has 2 aromatic carbocycles. The normalized spacial score (nSPS) is 21.4. The number of fused-ring (bicyclic) bond motifs is 3. The molecule has 0 radical (unpaired) electrons. The number of para-hydroxylation sites is 1. The maximum Gasteiger partial charge on any atom is 0.236 e. The molecule has 6 heteroatoms. The average molecular weight is 362 g/mol. The third kappa shape index (κ3) is 2.15.